The second-order valence-corrected chi connectivity index (χ2v) is 11.3. The molecular weight excluding hydrogens is 459 g/mol. The number of nitrogens with zero attached hydrogens (tertiary/aromatic N) is 2. The molecule has 0 spiro atoms. The van der Waals surface area contributed by atoms with E-state index in [2.05, 4.69) is 0 Å². The number of ether oxygens (including phenoxy) is 1. The van der Waals surface area contributed by atoms with Crippen molar-refractivity contribution in [2.45, 2.75) is 43.7 Å². The van der Waals surface area contributed by atoms with E-state index in [4.69, 9.17) is 4.74 Å². The minimum Gasteiger partial charge on any atom is -0.487 e. The molecule has 0 aromatic heterocycles. The van der Waals surface area contributed by atoms with Crippen LogP contribution in [0.1, 0.15) is 26.7 Å². The Balaban J connectivity index is 1.77. The lowest BCUT2D eigenvalue weighted by molar-refractivity contribution is -0.132. The molecule has 1 saturated carbocycles. The normalized spacial score (nSPS) is 23.2. The number of halogens is 1. The van der Waals surface area contributed by atoms with Gasteiger partial charge in [-0.1, -0.05) is 25.1 Å². The zero-order valence-electron chi connectivity index (χ0n) is 19.6. The zero-order chi connectivity index (χ0) is 24.6. The summed E-state index contributed by atoms with van der Waals surface area (Å²) in [5.74, 6) is -0.371. The summed E-state index contributed by atoms with van der Waals surface area (Å²) in [6.45, 7) is 3.67. The summed E-state index contributed by atoms with van der Waals surface area (Å²) < 4.78 is 48.6. The fourth-order valence-corrected chi connectivity index (χ4v) is 6.12. The molecule has 1 fully saturated rings. The number of likely N-dealkylation sites (N-methyl/N-ethyl adjacent to an activating group) is 1. The number of benzene rings is 2. The summed E-state index contributed by atoms with van der Waals surface area (Å²) >= 11 is 0. The predicted octanol–water partition coefficient (Wildman–Crippen LogP) is 3.13. The molecular formula is C25H31FN2O5S. The van der Waals surface area contributed by atoms with Gasteiger partial charge in [-0.3, -0.25) is 4.79 Å². The number of rotatable bonds is 6. The van der Waals surface area contributed by atoms with E-state index in [1.54, 1.807) is 43.1 Å². The third-order valence-corrected chi connectivity index (χ3v) is 8.60. The van der Waals surface area contributed by atoms with Crippen LogP contribution in [0.15, 0.2) is 47.4 Å². The second kappa shape index (κ2) is 9.64. The molecule has 1 aliphatic carbocycles. The zero-order valence-corrected chi connectivity index (χ0v) is 20.5. The molecule has 1 N–H and O–H groups in total. The summed E-state index contributed by atoms with van der Waals surface area (Å²) in [4.78, 5) is 14.2. The highest BCUT2D eigenvalue weighted by molar-refractivity contribution is 7.89. The molecule has 2 aromatic rings. The van der Waals surface area contributed by atoms with Gasteiger partial charge in [-0.05, 0) is 55.2 Å². The number of hydrogen-bond acceptors (Lipinski definition) is 5. The van der Waals surface area contributed by atoms with Crippen LogP contribution in [0.5, 0.6) is 5.75 Å². The first-order valence-electron chi connectivity index (χ1n) is 11.6. The van der Waals surface area contributed by atoms with E-state index >= 15 is 0 Å². The van der Waals surface area contributed by atoms with Gasteiger partial charge in [-0.2, -0.15) is 4.31 Å². The number of hydrogen-bond donors (Lipinski definition) is 1. The Labute approximate surface area is 200 Å². The van der Waals surface area contributed by atoms with Crippen LogP contribution >= 0.6 is 0 Å². The standard InChI is InChI=1S/C25H31FN2O5S/c1-16-13-28(17(2)15-29)34(31,32)24-10-9-20(19-5-4-6-21(26)11-19)12-22(24)33-23(16)14-27(3)25(30)18-7-8-18/h4-6,9-12,16-18,23,29H,7-8,13-15H2,1-3H3/t16-,17+,23+/m0/s1. The van der Waals surface area contributed by atoms with Crippen molar-refractivity contribution in [2.24, 2.45) is 11.8 Å². The van der Waals surface area contributed by atoms with Crippen molar-refractivity contribution in [3.63, 3.8) is 0 Å². The van der Waals surface area contributed by atoms with Crippen LogP contribution < -0.4 is 4.74 Å². The van der Waals surface area contributed by atoms with Gasteiger partial charge in [0.2, 0.25) is 15.9 Å². The van der Waals surface area contributed by atoms with E-state index in [1.807, 2.05) is 6.92 Å². The SMILES string of the molecule is C[C@H](CO)N1C[C@H](C)[C@@H](CN(C)C(=O)C2CC2)Oc2cc(-c3cccc(F)c3)ccc2S1(=O)=O. The number of sulfonamides is 1. The predicted molar refractivity (Wildman–Crippen MR) is 126 cm³/mol. The van der Waals surface area contributed by atoms with E-state index in [1.165, 1.54) is 22.5 Å². The van der Waals surface area contributed by atoms with Crippen molar-refractivity contribution < 1.29 is 27.4 Å². The average molecular weight is 491 g/mol. The van der Waals surface area contributed by atoms with Crippen molar-refractivity contribution in [2.75, 3.05) is 26.7 Å². The monoisotopic (exact) mass is 490 g/mol. The van der Waals surface area contributed by atoms with Gasteiger partial charge in [-0.15, -0.1) is 0 Å². The summed E-state index contributed by atoms with van der Waals surface area (Å²) in [5, 5.41) is 9.76. The molecule has 9 heteroatoms. The Kier molecular flexibility index (Phi) is 6.98. The number of fused-ring (bicyclic) bond motifs is 1. The molecule has 1 aliphatic heterocycles. The van der Waals surface area contributed by atoms with Gasteiger partial charge in [0.1, 0.15) is 22.6 Å². The van der Waals surface area contributed by atoms with Crippen molar-refractivity contribution in [3.8, 4) is 16.9 Å². The number of amides is 1. The van der Waals surface area contributed by atoms with Crippen molar-refractivity contribution in [1.82, 2.24) is 9.21 Å². The molecule has 4 rings (SSSR count). The maximum atomic E-state index is 13.8. The van der Waals surface area contributed by atoms with Gasteiger partial charge in [-0.25, -0.2) is 12.8 Å². The van der Waals surface area contributed by atoms with Gasteiger partial charge in [0, 0.05) is 31.5 Å². The average Bonchev–Trinajstić information content (AvgIpc) is 3.65. The van der Waals surface area contributed by atoms with Crippen LogP contribution in [0, 0.1) is 17.7 Å². The van der Waals surface area contributed by atoms with Gasteiger partial charge < -0.3 is 14.7 Å². The van der Waals surface area contributed by atoms with Crippen molar-refractivity contribution in [3.05, 3.63) is 48.3 Å². The van der Waals surface area contributed by atoms with E-state index in [0.29, 0.717) is 17.7 Å². The topological polar surface area (TPSA) is 87.2 Å². The van der Waals surface area contributed by atoms with Crippen molar-refractivity contribution in [1.29, 1.82) is 0 Å². The molecule has 0 radical (unpaired) electrons. The molecule has 34 heavy (non-hydrogen) atoms. The number of aliphatic hydroxyl groups excluding tert-OH is 1. The highest BCUT2D eigenvalue weighted by atomic mass is 32.2. The maximum Gasteiger partial charge on any atom is 0.247 e. The maximum absolute atomic E-state index is 13.8. The summed E-state index contributed by atoms with van der Waals surface area (Å²) in [6.07, 6.45) is 1.31. The van der Waals surface area contributed by atoms with E-state index in [0.717, 1.165) is 12.8 Å². The van der Waals surface area contributed by atoms with Gasteiger partial charge in [0.25, 0.3) is 0 Å². The Morgan fingerprint density at radius 2 is 1.94 bits per heavy atom. The highest BCUT2D eigenvalue weighted by Gasteiger charge is 2.39. The molecule has 0 saturated heterocycles. The summed E-state index contributed by atoms with van der Waals surface area (Å²) in [6, 6.07) is 10.1. The fourth-order valence-electron chi connectivity index (χ4n) is 4.29. The third-order valence-electron chi connectivity index (χ3n) is 6.58. The Morgan fingerprint density at radius 1 is 1.24 bits per heavy atom. The number of aliphatic hydroxyl groups is 1. The largest absolute Gasteiger partial charge is 0.487 e. The van der Waals surface area contributed by atoms with Crippen LogP contribution in [0.3, 0.4) is 0 Å². The van der Waals surface area contributed by atoms with Gasteiger partial charge >= 0.3 is 0 Å². The molecule has 2 aromatic carbocycles. The van der Waals surface area contributed by atoms with Gasteiger partial charge in [0.15, 0.2) is 0 Å². The molecule has 0 bridgehead atoms. The summed E-state index contributed by atoms with van der Waals surface area (Å²) in [5.41, 5.74) is 1.21. The van der Waals surface area contributed by atoms with Crippen LogP contribution in [0.25, 0.3) is 11.1 Å². The minimum atomic E-state index is -3.97. The Morgan fingerprint density at radius 3 is 2.59 bits per heavy atom. The van der Waals surface area contributed by atoms with Crippen LogP contribution in [0.2, 0.25) is 0 Å². The number of carbonyl (C=O) groups is 1. The number of carbonyl (C=O) groups excluding carboxylic acids is 1. The first-order valence-corrected chi connectivity index (χ1v) is 13.0. The molecule has 3 atom stereocenters. The van der Waals surface area contributed by atoms with E-state index < -0.39 is 28.0 Å². The lowest BCUT2D eigenvalue weighted by atomic mass is 10.0. The van der Waals surface area contributed by atoms with Crippen LogP contribution in [-0.2, 0) is 14.8 Å². The van der Waals surface area contributed by atoms with Crippen LogP contribution in [-0.4, -0.2) is 67.5 Å². The first kappa shape index (κ1) is 24.6. The molecule has 7 nitrogen and oxygen atoms in total. The minimum absolute atomic E-state index is 0.0129. The molecule has 184 valence electrons. The smallest absolute Gasteiger partial charge is 0.247 e. The molecule has 1 amide bonds. The molecule has 0 unspecified atom stereocenters. The second-order valence-electron chi connectivity index (χ2n) is 9.40. The summed E-state index contributed by atoms with van der Waals surface area (Å²) in [7, 11) is -2.23. The third kappa shape index (κ3) is 4.96. The lowest BCUT2D eigenvalue weighted by Crippen LogP contribution is -2.50. The Bertz CT molecular complexity index is 1170. The van der Waals surface area contributed by atoms with Crippen molar-refractivity contribution >= 4 is 15.9 Å². The lowest BCUT2D eigenvalue weighted by Gasteiger charge is -2.37. The van der Waals surface area contributed by atoms with E-state index in [-0.39, 0.29) is 41.5 Å². The highest BCUT2D eigenvalue weighted by Crippen LogP contribution is 2.37. The van der Waals surface area contributed by atoms with Crippen LogP contribution in [0.4, 0.5) is 4.39 Å². The quantitative estimate of drug-likeness (QED) is 0.672. The fraction of sp³-hybridized carbons (Fsp3) is 0.480. The van der Waals surface area contributed by atoms with Gasteiger partial charge in [0.05, 0.1) is 13.2 Å². The first-order chi connectivity index (χ1) is 16.1. The Hall–Kier alpha value is -2.49. The van der Waals surface area contributed by atoms with E-state index in [9.17, 15) is 22.7 Å². The molecule has 1 heterocycles. The molecule has 2 aliphatic rings.